The van der Waals surface area contributed by atoms with Gasteiger partial charge in [-0.2, -0.15) is 13.2 Å². The lowest BCUT2D eigenvalue weighted by Gasteiger charge is -2.14. The summed E-state index contributed by atoms with van der Waals surface area (Å²) in [6, 6.07) is 8.34. The van der Waals surface area contributed by atoms with Crippen LogP contribution in [0, 0.1) is 6.92 Å². The summed E-state index contributed by atoms with van der Waals surface area (Å²) in [6.45, 7) is 1.86. The number of anilines is 3. The molecular weight excluding hydrogens is 289 g/mol. The van der Waals surface area contributed by atoms with Crippen molar-refractivity contribution in [1.29, 1.82) is 0 Å². The second kappa shape index (κ2) is 5.25. The van der Waals surface area contributed by atoms with E-state index in [1.54, 1.807) is 12.1 Å². The third-order valence-corrected chi connectivity index (χ3v) is 3.10. The summed E-state index contributed by atoms with van der Waals surface area (Å²) in [5, 5.41) is 3.03. The number of alkyl halides is 3. The Morgan fingerprint density at radius 1 is 1.05 bits per heavy atom. The summed E-state index contributed by atoms with van der Waals surface area (Å²) in [4.78, 5) is 0. The zero-order valence-electron chi connectivity index (χ0n) is 10.6. The van der Waals surface area contributed by atoms with Crippen molar-refractivity contribution in [2.75, 3.05) is 11.1 Å². The van der Waals surface area contributed by atoms with Gasteiger partial charge in [0.2, 0.25) is 0 Å². The van der Waals surface area contributed by atoms with Crippen molar-refractivity contribution in [1.82, 2.24) is 0 Å². The minimum Gasteiger partial charge on any atom is -0.397 e. The van der Waals surface area contributed by atoms with E-state index in [0.29, 0.717) is 11.4 Å². The average Bonchev–Trinajstić information content (AvgIpc) is 2.35. The van der Waals surface area contributed by atoms with E-state index in [1.165, 1.54) is 6.07 Å². The highest BCUT2D eigenvalue weighted by Crippen LogP contribution is 2.35. The summed E-state index contributed by atoms with van der Waals surface area (Å²) >= 11 is 5.92. The summed E-state index contributed by atoms with van der Waals surface area (Å²) in [5.74, 6) is 0. The van der Waals surface area contributed by atoms with E-state index in [9.17, 15) is 13.2 Å². The first-order valence-electron chi connectivity index (χ1n) is 5.77. The SMILES string of the molecule is Cc1ccc(N)c(Nc2cc(C(F)(F)F)ccc2Cl)c1. The molecule has 0 fully saturated rings. The summed E-state index contributed by atoms with van der Waals surface area (Å²) in [6.07, 6.45) is -4.42. The van der Waals surface area contributed by atoms with Gasteiger partial charge in [-0.25, -0.2) is 0 Å². The van der Waals surface area contributed by atoms with Crippen LogP contribution in [0.4, 0.5) is 30.2 Å². The molecule has 0 amide bonds. The largest absolute Gasteiger partial charge is 0.416 e. The van der Waals surface area contributed by atoms with E-state index < -0.39 is 11.7 Å². The fraction of sp³-hybridized carbons (Fsp3) is 0.143. The lowest BCUT2D eigenvalue weighted by atomic mass is 10.1. The van der Waals surface area contributed by atoms with Crippen LogP contribution in [0.15, 0.2) is 36.4 Å². The Morgan fingerprint density at radius 3 is 2.40 bits per heavy atom. The van der Waals surface area contributed by atoms with Crippen LogP contribution in [-0.2, 0) is 6.18 Å². The maximum Gasteiger partial charge on any atom is 0.416 e. The van der Waals surface area contributed by atoms with Gasteiger partial charge in [-0.3, -0.25) is 0 Å². The smallest absolute Gasteiger partial charge is 0.397 e. The van der Waals surface area contributed by atoms with Crippen LogP contribution >= 0.6 is 11.6 Å². The molecule has 2 rings (SSSR count). The first-order chi connectivity index (χ1) is 9.27. The quantitative estimate of drug-likeness (QED) is 0.767. The lowest BCUT2D eigenvalue weighted by molar-refractivity contribution is -0.137. The van der Waals surface area contributed by atoms with Crippen LogP contribution in [0.5, 0.6) is 0 Å². The monoisotopic (exact) mass is 300 g/mol. The van der Waals surface area contributed by atoms with E-state index >= 15 is 0 Å². The highest BCUT2D eigenvalue weighted by molar-refractivity contribution is 6.33. The molecule has 0 unspecified atom stereocenters. The van der Waals surface area contributed by atoms with E-state index in [4.69, 9.17) is 17.3 Å². The molecule has 20 heavy (non-hydrogen) atoms. The number of nitrogen functional groups attached to an aromatic ring is 1. The Labute approximate surface area is 119 Å². The molecule has 0 saturated carbocycles. The predicted octanol–water partition coefficient (Wildman–Crippen LogP) is 4.99. The maximum absolute atomic E-state index is 12.7. The van der Waals surface area contributed by atoms with Crippen molar-refractivity contribution < 1.29 is 13.2 Å². The van der Waals surface area contributed by atoms with Gasteiger partial charge < -0.3 is 11.1 Å². The van der Waals surface area contributed by atoms with Gasteiger partial charge in [0.25, 0.3) is 0 Å². The number of aryl methyl sites for hydroxylation is 1. The van der Waals surface area contributed by atoms with Crippen LogP contribution in [0.1, 0.15) is 11.1 Å². The van der Waals surface area contributed by atoms with E-state index in [0.717, 1.165) is 17.7 Å². The molecule has 2 nitrogen and oxygen atoms in total. The standard InChI is InChI=1S/C14H12ClF3N2/c1-8-2-5-11(19)13(6-8)20-12-7-9(14(16,17)18)3-4-10(12)15/h2-7,20H,19H2,1H3. The van der Waals surface area contributed by atoms with Gasteiger partial charge in [0.15, 0.2) is 0 Å². The maximum atomic E-state index is 12.7. The van der Waals surface area contributed by atoms with Crippen LogP contribution in [0.25, 0.3) is 0 Å². The van der Waals surface area contributed by atoms with Gasteiger partial charge in [-0.15, -0.1) is 0 Å². The second-order valence-electron chi connectivity index (χ2n) is 4.41. The van der Waals surface area contributed by atoms with Gasteiger partial charge in [0.1, 0.15) is 0 Å². The highest BCUT2D eigenvalue weighted by Gasteiger charge is 2.31. The number of hydrogen-bond donors (Lipinski definition) is 2. The van der Waals surface area contributed by atoms with Crippen molar-refractivity contribution in [3.05, 3.63) is 52.5 Å². The minimum absolute atomic E-state index is 0.166. The van der Waals surface area contributed by atoms with Gasteiger partial charge in [-0.1, -0.05) is 17.7 Å². The van der Waals surface area contributed by atoms with Crippen molar-refractivity contribution in [2.45, 2.75) is 13.1 Å². The molecule has 106 valence electrons. The van der Waals surface area contributed by atoms with E-state index in [-0.39, 0.29) is 10.7 Å². The molecule has 0 aromatic heterocycles. The molecule has 0 radical (unpaired) electrons. The first kappa shape index (κ1) is 14.5. The molecule has 2 aromatic carbocycles. The molecule has 0 aliphatic carbocycles. The molecule has 0 heterocycles. The van der Waals surface area contributed by atoms with Gasteiger partial charge >= 0.3 is 6.18 Å². The Bertz CT molecular complexity index is 639. The Kier molecular flexibility index (Phi) is 3.81. The van der Waals surface area contributed by atoms with Gasteiger partial charge in [0, 0.05) is 0 Å². The normalized spacial score (nSPS) is 11.4. The second-order valence-corrected chi connectivity index (χ2v) is 4.82. The molecule has 6 heteroatoms. The van der Waals surface area contributed by atoms with Crippen LogP contribution in [-0.4, -0.2) is 0 Å². The van der Waals surface area contributed by atoms with Gasteiger partial charge in [0.05, 0.1) is 27.6 Å². The van der Waals surface area contributed by atoms with Crippen LogP contribution < -0.4 is 11.1 Å². The topological polar surface area (TPSA) is 38.0 Å². The molecule has 0 spiro atoms. The molecule has 3 N–H and O–H groups in total. The predicted molar refractivity (Wildman–Crippen MR) is 75.3 cm³/mol. The van der Waals surface area contributed by atoms with Crippen LogP contribution in [0.3, 0.4) is 0 Å². The van der Waals surface area contributed by atoms with Crippen molar-refractivity contribution >= 4 is 28.7 Å². The van der Waals surface area contributed by atoms with E-state index in [2.05, 4.69) is 5.32 Å². The molecular formula is C14H12ClF3N2. The molecule has 0 saturated heterocycles. The number of nitrogens with one attached hydrogen (secondary N) is 1. The van der Waals surface area contributed by atoms with E-state index in [1.807, 2.05) is 13.0 Å². The molecule has 0 aliphatic rings. The molecule has 0 aliphatic heterocycles. The summed E-state index contributed by atoms with van der Waals surface area (Å²) in [7, 11) is 0. The molecule has 0 bridgehead atoms. The Hall–Kier alpha value is -1.88. The number of nitrogens with two attached hydrogens (primary N) is 1. The minimum atomic E-state index is -4.42. The third kappa shape index (κ3) is 3.17. The number of rotatable bonds is 2. The van der Waals surface area contributed by atoms with Crippen molar-refractivity contribution in [3.8, 4) is 0 Å². The fourth-order valence-electron chi connectivity index (χ4n) is 1.72. The van der Waals surface area contributed by atoms with Gasteiger partial charge in [-0.05, 0) is 42.8 Å². The fourth-order valence-corrected chi connectivity index (χ4v) is 1.89. The summed E-state index contributed by atoms with van der Waals surface area (Å²) in [5.41, 5.74) is 7.07. The molecule has 2 aromatic rings. The zero-order chi connectivity index (χ0) is 14.9. The number of hydrogen-bond acceptors (Lipinski definition) is 2. The van der Waals surface area contributed by atoms with Crippen molar-refractivity contribution in [3.63, 3.8) is 0 Å². The average molecular weight is 301 g/mol. The number of benzene rings is 2. The third-order valence-electron chi connectivity index (χ3n) is 2.77. The Balaban J connectivity index is 2.40. The van der Waals surface area contributed by atoms with Crippen molar-refractivity contribution in [2.24, 2.45) is 0 Å². The highest BCUT2D eigenvalue weighted by atomic mass is 35.5. The Morgan fingerprint density at radius 2 is 1.75 bits per heavy atom. The first-order valence-corrected chi connectivity index (χ1v) is 6.15. The molecule has 0 atom stereocenters. The number of halogens is 4. The zero-order valence-corrected chi connectivity index (χ0v) is 11.3. The van der Waals surface area contributed by atoms with Crippen LogP contribution in [0.2, 0.25) is 5.02 Å². The summed E-state index contributed by atoms with van der Waals surface area (Å²) < 4.78 is 38.1. The lowest BCUT2D eigenvalue weighted by Crippen LogP contribution is -2.06.